The second kappa shape index (κ2) is 11.3. The minimum absolute atomic E-state index is 0.00438. The molecule has 43 heavy (non-hydrogen) atoms. The summed E-state index contributed by atoms with van der Waals surface area (Å²) >= 11 is 0. The third kappa shape index (κ3) is 5.58. The van der Waals surface area contributed by atoms with Crippen molar-refractivity contribution in [3.63, 3.8) is 0 Å². The summed E-state index contributed by atoms with van der Waals surface area (Å²) in [5.74, 6) is 4.05. The molecular weight excluding hydrogens is 577 g/mol. The minimum Gasteiger partial charge on any atom is -0.373 e. The van der Waals surface area contributed by atoms with Gasteiger partial charge in [-0.15, -0.1) is 6.42 Å². The van der Waals surface area contributed by atoms with Crippen LogP contribution < -0.4 is 15.4 Å². The molecule has 10 nitrogen and oxygen atoms in total. The zero-order valence-corrected chi connectivity index (χ0v) is 25.1. The molecule has 2 heterocycles. The van der Waals surface area contributed by atoms with Crippen molar-refractivity contribution in [1.29, 1.82) is 0 Å². The Morgan fingerprint density at radius 1 is 1.26 bits per heavy atom. The first-order valence-electron chi connectivity index (χ1n) is 14.8. The van der Waals surface area contributed by atoms with Gasteiger partial charge >= 0.3 is 16.1 Å². The number of aromatic amines is 1. The third-order valence-electron chi connectivity index (χ3n) is 10.00. The number of H-pyrrole nitrogens is 1. The number of aromatic nitrogens is 2. The van der Waals surface area contributed by atoms with E-state index < -0.39 is 40.0 Å². The molecule has 1 aromatic heterocycles. The number of aryl methyl sites for hydroxylation is 2. The van der Waals surface area contributed by atoms with Crippen LogP contribution in [-0.4, -0.2) is 44.9 Å². The summed E-state index contributed by atoms with van der Waals surface area (Å²) in [6.45, 7) is 3.58. The molecule has 0 amide bonds. The van der Waals surface area contributed by atoms with E-state index in [1.54, 1.807) is 19.1 Å². The average Bonchev–Trinajstić information content (AvgIpc) is 3.49. The predicted molar refractivity (Wildman–Crippen MR) is 156 cm³/mol. The maximum absolute atomic E-state index is 15.5. The van der Waals surface area contributed by atoms with Gasteiger partial charge in [-0.05, 0) is 80.0 Å². The van der Waals surface area contributed by atoms with Gasteiger partial charge in [0.1, 0.15) is 30.5 Å². The van der Waals surface area contributed by atoms with E-state index in [0.29, 0.717) is 35.5 Å². The molecule has 3 aliphatic carbocycles. The normalized spacial score (nSPS) is 32.7. The maximum Gasteiger partial charge on any atom is 0.377 e. The van der Waals surface area contributed by atoms with Crippen LogP contribution in [0, 0.1) is 36.5 Å². The maximum atomic E-state index is 15.5. The van der Waals surface area contributed by atoms with Gasteiger partial charge in [0, 0.05) is 30.0 Å². The number of ketones is 1. The van der Waals surface area contributed by atoms with E-state index in [0.717, 1.165) is 37.7 Å². The summed E-state index contributed by atoms with van der Waals surface area (Å²) in [6, 6.07) is 4.33. The molecule has 3 fully saturated rings. The van der Waals surface area contributed by atoms with Crippen LogP contribution >= 0.6 is 0 Å². The highest BCUT2D eigenvalue weighted by atomic mass is 32.3. The Morgan fingerprint density at radius 3 is 2.86 bits per heavy atom. The number of nitrogens with one attached hydrogen (secondary N) is 1. The number of nitrogens with zero attached hydrogens (tertiary/aromatic N) is 2. The first-order valence-corrected chi connectivity index (χ1v) is 16.1. The summed E-state index contributed by atoms with van der Waals surface area (Å²) in [4.78, 5) is 39.1. The monoisotopic (exact) mass is 613 g/mol. The van der Waals surface area contributed by atoms with E-state index in [1.807, 2.05) is 6.07 Å². The summed E-state index contributed by atoms with van der Waals surface area (Å²) in [7, 11) is -4.67. The van der Waals surface area contributed by atoms with Gasteiger partial charge in [0.15, 0.2) is 0 Å². The number of rotatable bonds is 7. The first-order chi connectivity index (χ1) is 20.5. The molecule has 1 saturated heterocycles. The Bertz CT molecular complexity index is 1720. The molecule has 1 N–H and O–H groups in total. The topological polar surface area (TPSA) is 129 Å². The lowest BCUT2D eigenvalue weighted by Crippen LogP contribution is -2.42. The number of carbonyl (C=O) groups is 1. The molecule has 2 aromatic rings. The van der Waals surface area contributed by atoms with Gasteiger partial charge in [-0.2, -0.15) is 8.57 Å². The van der Waals surface area contributed by atoms with E-state index >= 15 is 3.89 Å². The molecule has 1 aromatic carbocycles. The molecule has 1 aliphatic heterocycles. The number of halogens is 1. The van der Waals surface area contributed by atoms with Crippen molar-refractivity contribution in [2.45, 2.75) is 83.1 Å². The number of benzene rings is 1. The van der Waals surface area contributed by atoms with Crippen molar-refractivity contribution in [2.24, 2.45) is 21.6 Å². The van der Waals surface area contributed by atoms with Crippen LogP contribution in [0.5, 0.6) is 5.75 Å². The Labute approximate surface area is 250 Å². The van der Waals surface area contributed by atoms with Crippen molar-refractivity contribution in [3.8, 4) is 18.1 Å². The van der Waals surface area contributed by atoms with Gasteiger partial charge in [-0.25, -0.2) is 4.79 Å². The summed E-state index contributed by atoms with van der Waals surface area (Å²) in [5, 5.41) is 0. The molecule has 2 saturated carbocycles. The number of hydrogen-bond donors (Lipinski definition) is 1. The van der Waals surface area contributed by atoms with Gasteiger partial charge in [-0.1, -0.05) is 22.8 Å². The Morgan fingerprint density at radius 2 is 2.07 bits per heavy atom. The number of carbonyl (C=O) groups excluding carboxylic acids is 1. The van der Waals surface area contributed by atoms with Gasteiger partial charge in [-0.3, -0.25) is 19.1 Å². The summed E-state index contributed by atoms with van der Waals surface area (Å²) in [6.07, 6.45) is 10.0. The van der Waals surface area contributed by atoms with E-state index in [1.165, 1.54) is 16.3 Å². The fraction of sp³-hybridized carbons (Fsp3) is 0.581. The zero-order valence-electron chi connectivity index (χ0n) is 24.3. The lowest BCUT2D eigenvalue weighted by Gasteiger charge is -2.48. The minimum atomic E-state index is -4.67. The van der Waals surface area contributed by atoms with Crippen LogP contribution in [0.25, 0.3) is 0 Å². The molecule has 2 unspecified atom stereocenters. The molecule has 4 aliphatic rings. The van der Waals surface area contributed by atoms with Crippen LogP contribution in [0.15, 0.2) is 38.3 Å². The number of fused-ring (bicyclic) bond motifs is 5. The van der Waals surface area contributed by atoms with Crippen LogP contribution in [0.2, 0.25) is 0 Å². The standard InChI is InChI=1S/C31H36FN3O7S/c1-4-13-40-17-26-25(15-28(41-26)35-16-18(2)29(37)33-30(35)38)34-43(32,39)42-20-6-8-21-19(14-20)5-7-23-22(21)11-12-31(3)24(23)9-10-27(31)36/h1,6,8,14,16,22-26,28H,5,7,9-13,15,17H2,2-3H3,(H,33,37,38)/t22-,23-,24?,25+,26-,28-,31+,43?/m1/s1. The van der Waals surface area contributed by atoms with Crippen LogP contribution in [0.1, 0.15) is 74.3 Å². The highest BCUT2D eigenvalue weighted by Gasteiger charge is 2.54. The largest absolute Gasteiger partial charge is 0.377 e. The second-order valence-electron chi connectivity index (χ2n) is 12.4. The molecule has 12 heteroatoms. The van der Waals surface area contributed by atoms with E-state index in [2.05, 4.69) is 22.2 Å². The Hall–Kier alpha value is -3.27. The van der Waals surface area contributed by atoms with Crippen LogP contribution in [0.4, 0.5) is 3.89 Å². The summed E-state index contributed by atoms with van der Waals surface area (Å²) < 4.78 is 50.3. The number of Topliss-reactive ketones (excluding diaryl/α,β-unsaturated/α-hetero) is 1. The third-order valence-corrected chi connectivity index (χ3v) is 10.9. The van der Waals surface area contributed by atoms with Crippen molar-refractivity contribution >= 4 is 16.2 Å². The van der Waals surface area contributed by atoms with Gasteiger partial charge in [0.2, 0.25) is 0 Å². The van der Waals surface area contributed by atoms with Crippen LogP contribution in [-0.2, 0) is 31.1 Å². The Kier molecular flexibility index (Phi) is 7.85. The number of ether oxygens (including phenoxy) is 2. The highest BCUT2D eigenvalue weighted by Crippen LogP contribution is 2.59. The molecule has 6 rings (SSSR count). The van der Waals surface area contributed by atoms with Crippen molar-refractivity contribution in [2.75, 3.05) is 13.2 Å². The lowest BCUT2D eigenvalue weighted by atomic mass is 9.55. The molecule has 0 bridgehead atoms. The van der Waals surface area contributed by atoms with E-state index in [4.69, 9.17) is 20.1 Å². The fourth-order valence-electron chi connectivity index (χ4n) is 7.86. The summed E-state index contributed by atoms with van der Waals surface area (Å²) in [5.41, 5.74) is 1.11. The zero-order chi connectivity index (χ0) is 30.5. The van der Waals surface area contributed by atoms with E-state index in [-0.39, 0.29) is 30.8 Å². The van der Waals surface area contributed by atoms with E-state index in [9.17, 15) is 18.6 Å². The highest BCUT2D eigenvalue weighted by molar-refractivity contribution is 7.84. The quantitative estimate of drug-likeness (QED) is 0.285. The molecule has 230 valence electrons. The van der Waals surface area contributed by atoms with Crippen molar-refractivity contribution < 1.29 is 26.5 Å². The second-order valence-corrected chi connectivity index (χ2v) is 13.6. The SMILES string of the molecule is C#CCOC[C@H]1O[C@@H](n2cc(C)c(=O)[nH]c2=O)C[C@@H]1N=S(=O)(F)Oc1ccc2c(c1)CC[C@H]1C3CCC(=O)[C@@]3(C)CC[C@H]21. The molecule has 0 spiro atoms. The molecular formula is C31H36FN3O7S. The number of terminal acetylenes is 1. The number of hydrogen-bond acceptors (Lipinski definition) is 8. The first kappa shape index (κ1) is 29.8. The van der Waals surface area contributed by atoms with Crippen molar-refractivity contribution in [3.05, 3.63) is 61.9 Å². The Balaban J connectivity index is 1.21. The molecule has 0 radical (unpaired) electrons. The van der Waals surface area contributed by atoms with Gasteiger partial charge < -0.3 is 13.7 Å². The van der Waals surface area contributed by atoms with Crippen molar-refractivity contribution in [1.82, 2.24) is 9.55 Å². The smallest absolute Gasteiger partial charge is 0.373 e. The fourth-order valence-corrected chi connectivity index (χ4v) is 8.79. The molecule has 8 atom stereocenters. The predicted octanol–water partition coefficient (Wildman–Crippen LogP) is 3.92. The van der Waals surface area contributed by atoms with Crippen LogP contribution in [0.3, 0.4) is 0 Å². The van der Waals surface area contributed by atoms with Gasteiger partial charge in [0.25, 0.3) is 5.56 Å². The lowest BCUT2D eigenvalue weighted by molar-refractivity contribution is -0.129. The average molecular weight is 614 g/mol. The van der Waals surface area contributed by atoms with Gasteiger partial charge in [0.05, 0.1) is 12.6 Å².